The molecule has 0 fully saturated rings. The van der Waals surface area contributed by atoms with E-state index < -0.39 is 0 Å². The highest BCUT2D eigenvalue weighted by atomic mass is 14.9. The number of benzene rings is 4. The maximum atomic E-state index is 4.91. The summed E-state index contributed by atoms with van der Waals surface area (Å²) >= 11 is 0. The molecule has 1 heterocycles. The van der Waals surface area contributed by atoms with Gasteiger partial charge in [0.05, 0.1) is 11.4 Å². The van der Waals surface area contributed by atoms with Crippen LogP contribution in [0, 0.1) is 5.92 Å². The summed E-state index contributed by atoms with van der Waals surface area (Å²) in [7, 11) is 0. The summed E-state index contributed by atoms with van der Waals surface area (Å²) in [6.45, 7) is 9.14. The first-order chi connectivity index (χ1) is 15.9. The summed E-state index contributed by atoms with van der Waals surface area (Å²) in [6, 6.07) is 26.6. The van der Waals surface area contributed by atoms with Crippen molar-refractivity contribution in [1.29, 1.82) is 0 Å². The van der Waals surface area contributed by atoms with Crippen LogP contribution < -0.4 is 0 Å². The van der Waals surface area contributed by atoms with Gasteiger partial charge in [-0.1, -0.05) is 88.4 Å². The number of nitrogens with zero attached hydrogens (tertiary/aromatic N) is 2. The van der Waals surface area contributed by atoms with Gasteiger partial charge in [-0.25, -0.2) is 9.97 Å². The molecule has 1 aliphatic carbocycles. The lowest BCUT2D eigenvalue weighted by Gasteiger charge is -2.20. The van der Waals surface area contributed by atoms with Crippen molar-refractivity contribution in [3.8, 4) is 22.4 Å². The molecule has 4 aromatic carbocycles. The van der Waals surface area contributed by atoms with E-state index in [-0.39, 0.29) is 5.41 Å². The Kier molecular flexibility index (Phi) is 4.42. The smallest absolute Gasteiger partial charge is 0.116 e. The second kappa shape index (κ2) is 7.25. The first-order valence-corrected chi connectivity index (χ1v) is 11.9. The normalized spacial score (nSPS) is 14.1. The Morgan fingerprint density at radius 2 is 1.48 bits per heavy atom. The van der Waals surface area contributed by atoms with Gasteiger partial charge in [-0.3, -0.25) is 0 Å². The fourth-order valence-corrected chi connectivity index (χ4v) is 5.64. The molecule has 0 saturated carbocycles. The Balaban J connectivity index is 1.69. The standard InChI is InChI=1S/C31H28N2/c1-19(2)15-22-17-23(16-21-10-6-7-11-24(21)22)29-28-27-25-12-8-5-9-20(25)13-14-26(27)31(3,4)30(28)33-18-32-29/h5-14,16-19H,15H2,1-4H3. The molecule has 0 unspecified atom stereocenters. The Hall–Kier alpha value is -3.52. The lowest BCUT2D eigenvalue weighted by atomic mass is 9.84. The van der Waals surface area contributed by atoms with Crippen LogP contribution in [-0.4, -0.2) is 9.97 Å². The second-order valence-corrected chi connectivity index (χ2v) is 10.2. The zero-order valence-electron chi connectivity index (χ0n) is 19.7. The van der Waals surface area contributed by atoms with E-state index in [0.717, 1.165) is 17.8 Å². The van der Waals surface area contributed by atoms with E-state index in [1.54, 1.807) is 6.33 Å². The number of rotatable bonds is 3. The third-order valence-electron chi connectivity index (χ3n) is 7.14. The maximum Gasteiger partial charge on any atom is 0.116 e. The van der Waals surface area contributed by atoms with Crippen molar-refractivity contribution in [2.75, 3.05) is 0 Å². The fourth-order valence-electron chi connectivity index (χ4n) is 5.64. The maximum absolute atomic E-state index is 4.91. The lowest BCUT2D eigenvalue weighted by Crippen LogP contribution is -2.16. The number of hydrogen-bond acceptors (Lipinski definition) is 2. The average molecular weight is 429 g/mol. The van der Waals surface area contributed by atoms with Gasteiger partial charge in [0, 0.05) is 16.5 Å². The molecule has 0 bridgehead atoms. The number of aromatic nitrogens is 2. The van der Waals surface area contributed by atoms with Crippen LogP contribution in [0.15, 0.2) is 79.1 Å². The van der Waals surface area contributed by atoms with Crippen molar-refractivity contribution in [2.24, 2.45) is 5.92 Å². The second-order valence-electron chi connectivity index (χ2n) is 10.2. The molecule has 6 rings (SSSR count). The van der Waals surface area contributed by atoms with Crippen LogP contribution in [0.25, 0.3) is 43.9 Å². The SMILES string of the molecule is CC(C)Cc1cc(-c2ncnc3c2-c2c(ccc4ccccc24)C3(C)C)cc2ccccc12. The van der Waals surface area contributed by atoms with Crippen molar-refractivity contribution < 1.29 is 0 Å². The molecule has 2 nitrogen and oxygen atoms in total. The number of hydrogen-bond donors (Lipinski definition) is 0. The van der Waals surface area contributed by atoms with Crippen LogP contribution in [0.4, 0.5) is 0 Å². The van der Waals surface area contributed by atoms with E-state index in [2.05, 4.69) is 100 Å². The summed E-state index contributed by atoms with van der Waals surface area (Å²) in [5, 5.41) is 5.15. The third kappa shape index (κ3) is 3.01. The molecule has 0 saturated heterocycles. The molecule has 33 heavy (non-hydrogen) atoms. The van der Waals surface area contributed by atoms with Crippen molar-refractivity contribution in [3.05, 3.63) is 95.9 Å². The summed E-state index contributed by atoms with van der Waals surface area (Å²) in [5.41, 5.74) is 8.39. The summed E-state index contributed by atoms with van der Waals surface area (Å²) in [4.78, 5) is 9.75. The Labute approximate surface area is 195 Å². The van der Waals surface area contributed by atoms with Crippen LogP contribution >= 0.6 is 0 Å². The Bertz CT molecular complexity index is 1540. The van der Waals surface area contributed by atoms with Gasteiger partial charge in [-0.05, 0) is 62.7 Å². The van der Waals surface area contributed by atoms with E-state index >= 15 is 0 Å². The minimum absolute atomic E-state index is 0.163. The van der Waals surface area contributed by atoms with Gasteiger partial charge in [0.2, 0.25) is 0 Å². The van der Waals surface area contributed by atoms with E-state index in [1.807, 2.05) is 0 Å². The van der Waals surface area contributed by atoms with E-state index in [0.29, 0.717) is 5.92 Å². The molecule has 1 aromatic heterocycles. The molecule has 0 amide bonds. The van der Waals surface area contributed by atoms with Crippen molar-refractivity contribution in [1.82, 2.24) is 9.97 Å². The molecule has 0 N–H and O–H groups in total. The quantitative estimate of drug-likeness (QED) is 0.291. The topological polar surface area (TPSA) is 25.8 Å². The molecule has 5 aromatic rings. The van der Waals surface area contributed by atoms with Gasteiger partial charge in [0.15, 0.2) is 0 Å². The molecule has 2 heteroatoms. The molecule has 0 atom stereocenters. The molecule has 162 valence electrons. The molecule has 1 aliphatic rings. The van der Waals surface area contributed by atoms with Crippen molar-refractivity contribution >= 4 is 21.5 Å². The first kappa shape index (κ1) is 20.1. The minimum Gasteiger partial charge on any atom is -0.240 e. The highest BCUT2D eigenvalue weighted by Gasteiger charge is 2.40. The summed E-state index contributed by atoms with van der Waals surface area (Å²) in [5.74, 6) is 0.586. The zero-order valence-corrected chi connectivity index (χ0v) is 19.7. The van der Waals surface area contributed by atoms with E-state index in [4.69, 9.17) is 9.97 Å². The zero-order chi connectivity index (χ0) is 22.7. The highest BCUT2D eigenvalue weighted by molar-refractivity contribution is 6.05. The molecule has 0 spiro atoms. The molecule has 0 aliphatic heterocycles. The van der Waals surface area contributed by atoms with Crippen molar-refractivity contribution in [3.63, 3.8) is 0 Å². The van der Waals surface area contributed by atoms with Crippen molar-refractivity contribution in [2.45, 2.75) is 39.5 Å². The minimum atomic E-state index is -0.163. The monoisotopic (exact) mass is 428 g/mol. The van der Waals surface area contributed by atoms with E-state index in [9.17, 15) is 0 Å². The Morgan fingerprint density at radius 3 is 2.27 bits per heavy atom. The van der Waals surface area contributed by atoms with E-state index in [1.165, 1.54) is 49.4 Å². The van der Waals surface area contributed by atoms with Crippen LogP contribution in [0.1, 0.15) is 44.5 Å². The molecular weight excluding hydrogens is 400 g/mol. The predicted octanol–water partition coefficient (Wildman–Crippen LogP) is 7.95. The lowest BCUT2D eigenvalue weighted by molar-refractivity contribution is 0.635. The van der Waals surface area contributed by atoms with Gasteiger partial charge in [0.1, 0.15) is 6.33 Å². The first-order valence-electron chi connectivity index (χ1n) is 11.9. The number of fused-ring (bicyclic) bond motifs is 6. The Morgan fingerprint density at radius 1 is 0.758 bits per heavy atom. The van der Waals surface area contributed by atoms with Gasteiger partial charge in [-0.2, -0.15) is 0 Å². The molecular formula is C31H28N2. The largest absolute Gasteiger partial charge is 0.240 e. The summed E-state index contributed by atoms with van der Waals surface area (Å²) < 4.78 is 0. The van der Waals surface area contributed by atoms with Gasteiger partial charge >= 0.3 is 0 Å². The molecule has 0 radical (unpaired) electrons. The highest BCUT2D eigenvalue weighted by Crippen LogP contribution is 2.53. The van der Waals surface area contributed by atoms with Crippen LogP contribution in [0.2, 0.25) is 0 Å². The average Bonchev–Trinajstić information content (AvgIpc) is 3.06. The van der Waals surface area contributed by atoms with Gasteiger partial charge < -0.3 is 0 Å². The van der Waals surface area contributed by atoms with Crippen LogP contribution in [0.3, 0.4) is 0 Å². The third-order valence-corrected chi connectivity index (χ3v) is 7.14. The van der Waals surface area contributed by atoms with Crippen LogP contribution in [0.5, 0.6) is 0 Å². The van der Waals surface area contributed by atoms with Gasteiger partial charge in [-0.15, -0.1) is 0 Å². The van der Waals surface area contributed by atoms with Crippen LogP contribution in [-0.2, 0) is 11.8 Å². The predicted molar refractivity (Wildman–Crippen MR) is 139 cm³/mol. The van der Waals surface area contributed by atoms with Gasteiger partial charge in [0.25, 0.3) is 0 Å². The summed E-state index contributed by atoms with van der Waals surface area (Å²) in [6.07, 6.45) is 2.80. The fraction of sp³-hybridized carbons (Fsp3) is 0.226.